The number of carbonyl (C=O) groups is 1. The van der Waals surface area contributed by atoms with E-state index < -0.39 is 0 Å². The van der Waals surface area contributed by atoms with E-state index >= 15 is 0 Å². The van der Waals surface area contributed by atoms with E-state index in [4.69, 9.17) is 9.40 Å². The Kier molecular flexibility index (Phi) is 4.45. The summed E-state index contributed by atoms with van der Waals surface area (Å²) in [5.41, 5.74) is 2.92. The van der Waals surface area contributed by atoms with Gasteiger partial charge >= 0.3 is 0 Å². The number of fused-ring (bicyclic) bond motifs is 2. The number of nitrogens with zero attached hydrogens (tertiary/aromatic N) is 5. The van der Waals surface area contributed by atoms with Crippen LogP contribution in [0.5, 0.6) is 0 Å². The van der Waals surface area contributed by atoms with Crippen molar-refractivity contribution in [1.82, 2.24) is 24.5 Å². The summed E-state index contributed by atoms with van der Waals surface area (Å²) in [6.07, 6.45) is 5.50. The van der Waals surface area contributed by atoms with E-state index in [1.54, 1.807) is 6.26 Å². The molecular formula is C25H21N5O2. The van der Waals surface area contributed by atoms with Gasteiger partial charge in [0, 0.05) is 30.6 Å². The zero-order chi connectivity index (χ0) is 21.5. The van der Waals surface area contributed by atoms with Gasteiger partial charge in [0.2, 0.25) is 0 Å². The van der Waals surface area contributed by atoms with Crippen LogP contribution in [0.25, 0.3) is 28.0 Å². The topological polar surface area (TPSA) is 76.5 Å². The third-order valence-electron chi connectivity index (χ3n) is 6.13. The van der Waals surface area contributed by atoms with Crippen LogP contribution >= 0.6 is 0 Å². The van der Waals surface area contributed by atoms with Crippen molar-refractivity contribution in [2.24, 2.45) is 0 Å². The second-order valence-electron chi connectivity index (χ2n) is 8.13. The largest absolute Gasteiger partial charge is 0.463 e. The van der Waals surface area contributed by atoms with Gasteiger partial charge in [0.15, 0.2) is 11.4 Å². The molecule has 1 amide bonds. The fourth-order valence-corrected chi connectivity index (χ4v) is 4.58. The number of hydrogen-bond acceptors (Lipinski definition) is 5. The smallest absolute Gasteiger partial charge is 0.254 e. The first kappa shape index (κ1) is 18.7. The molecule has 1 atom stereocenters. The lowest BCUT2D eigenvalue weighted by Crippen LogP contribution is -2.39. The third kappa shape index (κ3) is 3.13. The number of carbonyl (C=O) groups excluding carboxylic acids is 1. The van der Waals surface area contributed by atoms with E-state index in [1.165, 1.54) is 0 Å². The van der Waals surface area contributed by atoms with Crippen molar-refractivity contribution in [2.45, 2.75) is 18.8 Å². The van der Waals surface area contributed by atoms with Crippen LogP contribution in [0.1, 0.15) is 34.9 Å². The van der Waals surface area contributed by atoms with Crippen molar-refractivity contribution < 1.29 is 9.21 Å². The molecule has 6 rings (SSSR count). The van der Waals surface area contributed by atoms with E-state index in [0.29, 0.717) is 23.6 Å². The summed E-state index contributed by atoms with van der Waals surface area (Å²) in [5, 5.41) is 9.58. The second-order valence-corrected chi connectivity index (χ2v) is 8.13. The maximum Gasteiger partial charge on any atom is 0.254 e. The van der Waals surface area contributed by atoms with Crippen LogP contribution in [0.3, 0.4) is 0 Å². The SMILES string of the molecule is O=C(c1cc(-c2ccco2)nc2ccccc12)N1CCC[C@H](c2nnc3ccccn23)C1. The number of pyridine rings is 2. The van der Waals surface area contributed by atoms with Crippen LogP contribution in [0.15, 0.2) is 77.5 Å². The van der Waals surface area contributed by atoms with Gasteiger partial charge in [-0.2, -0.15) is 0 Å². The lowest BCUT2D eigenvalue weighted by atomic mass is 9.96. The number of piperidine rings is 1. The van der Waals surface area contributed by atoms with Crippen LogP contribution in [-0.2, 0) is 0 Å². The maximum atomic E-state index is 13.7. The number of para-hydroxylation sites is 1. The number of amides is 1. The molecule has 5 aromatic rings. The van der Waals surface area contributed by atoms with Gasteiger partial charge in [-0.15, -0.1) is 10.2 Å². The molecule has 0 spiro atoms. The molecule has 0 N–H and O–H groups in total. The molecule has 1 aromatic carbocycles. The van der Waals surface area contributed by atoms with Crippen molar-refractivity contribution >= 4 is 22.5 Å². The van der Waals surface area contributed by atoms with Gasteiger partial charge in [0.05, 0.1) is 17.3 Å². The molecule has 0 radical (unpaired) electrons. The first-order valence-electron chi connectivity index (χ1n) is 10.8. The Morgan fingerprint density at radius 1 is 1.03 bits per heavy atom. The maximum absolute atomic E-state index is 13.7. The Balaban J connectivity index is 1.37. The van der Waals surface area contributed by atoms with E-state index in [9.17, 15) is 4.79 Å². The minimum atomic E-state index is 0.00919. The Labute approximate surface area is 184 Å². The summed E-state index contributed by atoms with van der Waals surface area (Å²) in [6, 6.07) is 19.2. The number of likely N-dealkylation sites (tertiary alicyclic amines) is 1. The summed E-state index contributed by atoms with van der Waals surface area (Å²) in [6.45, 7) is 1.33. The van der Waals surface area contributed by atoms with Gasteiger partial charge in [0.25, 0.3) is 5.91 Å². The van der Waals surface area contributed by atoms with Crippen molar-refractivity contribution in [3.63, 3.8) is 0 Å². The molecule has 1 aliphatic rings. The zero-order valence-electron chi connectivity index (χ0n) is 17.4. The molecule has 0 aliphatic carbocycles. The molecule has 0 saturated carbocycles. The predicted molar refractivity (Wildman–Crippen MR) is 120 cm³/mol. The molecule has 0 unspecified atom stereocenters. The quantitative estimate of drug-likeness (QED) is 0.425. The van der Waals surface area contributed by atoms with Crippen LogP contribution in [-0.4, -0.2) is 43.5 Å². The van der Waals surface area contributed by atoms with Gasteiger partial charge in [0.1, 0.15) is 11.5 Å². The standard InChI is InChI=1S/C25H21N5O2/c31-25(19-15-21(22-10-6-14-32-22)26-20-9-2-1-8-18(19)20)29-12-5-7-17(16-29)24-28-27-23-11-3-4-13-30(23)24/h1-4,6,8-11,13-15,17H,5,7,12,16H2/t17-/m0/s1. The fourth-order valence-electron chi connectivity index (χ4n) is 4.58. The lowest BCUT2D eigenvalue weighted by Gasteiger charge is -2.32. The van der Waals surface area contributed by atoms with E-state index in [0.717, 1.165) is 41.8 Å². The van der Waals surface area contributed by atoms with Crippen LogP contribution in [0.2, 0.25) is 0 Å². The average molecular weight is 423 g/mol. The van der Waals surface area contributed by atoms with Crippen LogP contribution < -0.4 is 0 Å². The normalized spacial score (nSPS) is 16.6. The van der Waals surface area contributed by atoms with Crippen LogP contribution in [0, 0.1) is 0 Å². The number of aromatic nitrogens is 4. The van der Waals surface area contributed by atoms with E-state index in [-0.39, 0.29) is 11.8 Å². The van der Waals surface area contributed by atoms with Gasteiger partial charge in [-0.05, 0) is 49.2 Å². The first-order valence-corrected chi connectivity index (χ1v) is 10.8. The monoisotopic (exact) mass is 423 g/mol. The molecule has 1 fully saturated rings. The highest BCUT2D eigenvalue weighted by molar-refractivity contribution is 6.07. The van der Waals surface area contributed by atoms with Crippen molar-refractivity contribution in [1.29, 1.82) is 0 Å². The van der Waals surface area contributed by atoms with Crippen LogP contribution in [0.4, 0.5) is 0 Å². The van der Waals surface area contributed by atoms with Gasteiger partial charge < -0.3 is 9.32 Å². The molecule has 158 valence electrons. The highest BCUT2D eigenvalue weighted by Crippen LogP contribution is 2.30. The molecular weight excluding hydrogens is 402 g/mol. The van der Waals surface area contributed by atoms with Crippen molar-refractivity contribution in [3.8, 4) is 11.5 Å². The Morgan fingerprint density at radius 3 is 2.84 bits per heavy atom. The number of hydrogen-bond donors (Lipinski definition) is 0. The molecule has 7 heteroatoms. The molecule has 7 nitrogen and oxygen atoms in total. The first-order chi connectivity index (χ1) is 15.8. The highest BCUT2D eigenvalue weighted by Gasteiger charge is 2.29. The summed E-state index contributed by atoms with van der Waals surface area (Å²) < 4.78 is 7.57. The average Bonchev–Trinajstić information content (AvgIpc) is 3.53. The highest BCUT2D eigenvalue weighted by atomic mass is 16.3. The Morgan fingerprint density at radius 2 is 1.94 bits per heavy atom. The Hall–Kier alpha value is -4.00. The van der Waals surface area contributed by atoms with Gasteiger partial charge in [-0.1, -0.05) is 24.3 Å². The molecule has 1 aliphatic heterocycles. The fraction of sp³-hybridized carbons (Fsp3) is 0.200. The molecule has 5 heterocycles. The third-order valence-corrected chi connectivity index (χ3v) is 6.13. The summed E-state index contributed by atoms with van der Waals surface area (Å²) in [7, 11) is 0. The lowest BCUT2D eigenvalue weighted by molar-refractivity contribution is 0.0706. The number of benzene rings is 1. The van der Waals surface area contributed by atoms with E-state index in [2.05, 4.69) is 10.2 Å². The minimum absolute atomic E-state index is 0.00919. The summed E-state index contributed by atoms with van der Waals surface area (Å²) in [5.74, 6) is 1.71. The van der Waals surface area contributed by atoms with E-state index in [1.807, 2.05) is 76.2 Å². The summed E-state index contributed by atoms with van der Waals surface area (Å²) >= 11 is 0. The number of furan rings is 1. The molecule has 1 saturated heterocycles. The molecule has 32 heavy (non-hydrogen) atoms. The van der Waals surface area contributed by atoms with Crippen molar-refractivity contribution in [2.75, 3.05) is 13.1 Å². The molecule has 0 bridgehead atoms. The van der Waals surface area contributed by atoms with Crippen molar-refractivity contribution in [3.05, 3.63) is 84.5 Å². The minimum Gasteiger partial charge on any atom is -0.463 e. The zero-order valence-corrected chi connectivity index (χ0v) is 17.4. The summed E-state index contributed by atoms with van der Waals surface area (Å²) in [4.78, 5) is 20.4. The van der Waals surface area contributed by atoms with Gasteiger partial charge in [-0.3, -0.25) is 9.20 Å². The number of rotatable bonds is 3. The Bertz CT molecular complexity index is 1420. The van der Waals surface area contributed by atoms with Gasteiger partial charge in [-0.25, -0.2) is 4.98 Å². The molecule has 4 aromatic heterocycles. The second kappa shape index (κ2) is 7.60. The predicted octanol–water partition coefficient (Wildman–Crippen LogP) is 4.56.